The molecule has 1 amide bonds. The standard InChI is InChI=1S/C23H32N2O5S/c1-7-17-9-10-18(8-2)19(13-17)15-24-23(26)16(3)25(31(6,27)28)21-14-20(29-4)11-12-22(21)30-5/h9-14,16H,7-8,15H2,1-6H3,(H,24,26). The summed E-state index contributed by atoms with van der Waals surface area (Å²) in [5.74, 6) is 0.384. The average Bonchev–Trinajstić information content (AvgIpc) is 2.76. The molecule has 0 aliphatic carbocycles. The molecule has 1 unspecified atom stereocenters. The Bertz CT molecular complexity index is 1020. The average molecular weight is 449 g/mol. The number of sulfonamides is 1. The second-order valence-electron chi connectivity index (χ2n) is 7.30. The summed E-state index contributed by atoms with van der Waals surface area (Å²) in [5, 5.41) is 2.90. The lowest BCUT2D eigenvalue weighted by Gasteiger charge is -2.29. The highest BCUT2D eigenvalue weighted by atomic mass is 32.2. The summed E-state index contributed by atoms with van der Waals surface area (Å²) in [6.45, 7) is 6.03. The van der Waals surface area contributed by atoms with Gasteiger partial charge in [0.1, 0.15) is 17.5 Å². The first-order chi connectivity index (χ1) is 14.7. The number of amides is 1. The number of methoxy groups -OCH3 is 2. The number of nitrogens with one attached hydrogen (secondary N) is 1. The van der Waals surface area contributed by atoms with Gasteiger partial charge in [0.25, 0.3) is 0 Å². The third-order valence-electron chi connectivity index (χ3n) is 5.22. The molecule has 2 aromatic rings. The molecule has 1 atom stereocenters. The molecule has 2 rings (SSSR count). The third-order valence-corrected chi connectivity index (χ3v) is 6.45. The van der Waals surface area contributed by atoms with Crippen molar-refractivity contribution in [3.05, 3.63) is 53.1 Å². The van der Waals surface area contributed by atoms with E-state index >= 15 is 0 Å². The van der Waals surface area contributed by atoms with Crippen molar-refractivity contribution in [3.8, 4) is 11.5 Å². The number of benzene rings is 2. The summed E-state index contributed by atoms with van der Waals surface area (Å²) in [4.78, 5) is 13.0. The van der Waals surface area contributed by atoms with Gasteiger partial charge in [-0.15, -0.1) is 0 Å². The van der Waals surface area contributed by atoms with E-state index in [9.17, 15) is 13.2 Å². The summed E-state index contributed by atoms with van der Waals surface area (Å²) in [5.41, 5.74) is 3.62. The number of carbonyl (C=O) groups excluding carboxylic acids is 1. The zero-order valence-corrected chi connectivity index (χ0v) is 19.9. The van der Waals surface area contributed by atoms with Crippen molar-refractivity contribution in [1.82, 2.24) is 5.32 Å². The number of aryl methyl sites for hydroxylation is 2. The summed E-state index contributed by atoms with van der Waals surface area (Å²) in [7, 11) is -0.853. The predicted octanol–water partition coefficient (Wildman–Crippen LogP) is 3.30. The van der Waals surface area contributed by atoms with Crippen LogP contribution in [0.2, 0.25) is 0 Å². The van der Waals surface area contributed by atoms with Crippen LogP contribution in [0.3, 0.4) is 0 Å². The topological polar surface area (TPSA) is 84.9 Å². The highest BCUT2D eigenvalue weighted by Gasteiger charge is 2.31. The maximum atomic E-state index is 13.0. The molecule has 8 heteroatoms. The van der Waals surface area contributed by atoms with E-state index in [4.69, 9.17) is 9.47 Å². The molecule has 1 N–H and O–H groups in total. The van der Waals surface area contributed by atoms with Gasteiger partial charge in [0.15, 0.2) is 0 Å². The molecular weight excluding hydrogens is 416 g/mol. The first-order valence-electron chi connectivity index (χ1n) is 10.3. The highest BCUT2D eigenvalue weighted by molar-refractivity contribution is 7.92. The molecule has 0 aliphatic heterocycles. The van der Waals surface area contributed by atoms with Crippen molar-refractivity contribution in [2.75, 3.05) is 24.8 Å². The Balaban J connectivity index is 2.33. The Hall–Kier alpha value is -2.74. The van der Waals surface area contributed by atoms with E-state index in [-0.39, 0.29) is 5.69 Å². The fraction of sp³-hybridized carbons (Fsp3) is 0.435. The number of anilines is 1. The lowest BCUT2D eigenvalue weighted by Crippen LogP contribution is -2.47. The Morgan fingerprint density at radius 1 is 1.03 bits per heavy atom. The van der Waals surface area contributed by atoms with Gasteiger partial charge in [-0.1, -0.05) is 32.0 Å². The number of carbonyl (C=O) groups is 1. The minimum Gasteiger partial charge on any atom is -0.497 e. The maximum absolute atomic E-state index is 13.0. The van der Waals surface area contributed by atoms with E-state index in [1.807, 2.05) is 0 Å². The van der Waals surface area contributed by atoms with E-state index in [0.29, 0.717) is 18.0 Å². The van der Waals surface area contributed by atoms with Crippen LogP contribution in [0.25, 0.3) is 0 Å². The maximum Gasteiger partial charge on any atom is 0.243 e. The third kappa shape index (κ3) is 5.91. The van der Waals surface area contributed by atoms with Gasteiger partial charge in [-0.05, 0) is 48.6 Å². The highest BCUT2D eigenvalue weighted by Crippen LogP contribution is 2.35. The van der Waals surface area contributed by atoms with Crippen molar-refractivity contribution in [3.63, 3.8) is 0 Å². The van der Waals surface area contributed by atoms with Crippen LogP contribution in [-0.2, 0) is 34.2 Å². The van der Waals surface area contributed by atoms with Crippen molar-refractivity contribution < 1.29 is 22.7 Å². The second-order valence-corrected chi connectivity index (χ2v) is 9.16. The van der Waals surface area contributed by atoms with Gasteiger partial charge >= 0.3 is 0 Å². The number of hydrogen-bond acceptors (Lipinski definition) is 5. The molecule has 0 heterocycles. The van der Waals surface area contributed by atoms with E-state index < -0.39 is 22.0 Å². The van der Waals surface area contributed by atoms with Crippen LogP contribution in [0.4, 0.5) is 5.69 Å². The Morgan fingerprint density at radius 2 is 1.74 bits per heavy atom. The summed E-state index contributed by atoms with van der Waals surface area (Å²) in [6.07, 6.45) is 2.82. The van der Waals surface area contributed by atoms with Crippen molar-refractivity contribution in [2.45, 2.75) is 46.2 Å². The molecule has 0 bridgehead atoms. The van der Waals surface area contributed by atoms with Gasteiger partial charge in [-0.2, -0.15) is 0 Å². The van der Waals surface area contributed by atoms with E-state index in [1.54, 1.807) is 25.1 Å². The fourth-order valence-electron chi connectivity index (χ4n) is 3.49. The summed E-state index contributed by atoms with van der Waals surface area (Å²) >= 11 is 0. The Labute approximate surface area is 185 Å². The van der Waals surface area contributed by atoms with Crippen molar-refractivity contribution in [1.29, 1.82) is 0 Å². The molecule has 0 aromatic heterocycles. The number of ether oxygens (including phenoxy) is 2. The smallest absolute Gasteiger partial charge is 0.243 e. The van der Waals surface area contributed by atoms with Crippen LogP contribution in [-0.4, -0.2) is 40.8 Å². The molecule has 0 aliphatic rings. The molecular formula is C23H32N2O5S. The SMILES string of the molecule is CCc1ccc(CC)c(CNC(=O)C(C)N(c2cc(OC)ccc2OC)S(C)(=O)=O)c1. The molecule has 0 radical (unpaired) electrons. The molecule has 0 saturated carbocycles. The van der Waals surface area contributed by atoms with Crippen LogP contribution < -0.4 is 19.1 Å². The van der Waals surface area contributed by atoms with Crippen molar-refractivity contribution >= 4 is 21.6 Å². The quantitative estimate of drug-likeness (QED) is 0.603. The Morgan fingerprint density at radius 3 is 2.29 bits per heavy atom. The number of rotatable bonds is 10. The van der Waals surface area contributed by atoms with Gasteiger partial charge in [-0.3, -0.25) is 9.10 Å². The van der Waals surface area contributed by atoms with Gasteiger partial charge in [-0.25, -0.2) is 8.42 Å². The fourth-order valence-corrected chi connectivity index (χ4v) is 4.66. The zero-order valence-electron chi connectivity index (χ0n) is 19.1. The van der Waals surface area contributed by atoms with Gasteiger partial charge < -0.3 is 14.8 Å². The molecule has 0 fully saturated rings. The molecule has 0 spiro atoms. The van der Waals surface area contributed by atoms with E-state index in [1.165, 1.54) is 19.8 Å². The van der Waals surface area contributed by atoms with Crippen LogP contribution in [0.15, 0.2) is 36.4 Å². The van der Waals surface area contributed by atoms with Gasteiger partial charge in [0, 0.05) is 12.6 Å². The summed E-state index contributed by atoms with van der Waals surface area (Å²) < 4.78 is 36.9. The largest absolute Gasteiger partial charge is 0.497 e. The predicted molar refractivity (Wildman–Crippen MR) is 123 cm³/mol. The van der Waals surface area contributed by atoms with Crippen LogP contribution in [0.5, 0.6) is 11.5 Å². The Kier molecular flexibility index (Phi) is 8.33. The van der Waals surface area contributed by atoms with Crippen LogP contribution >= 0.6 is 0 Å². The first-order valence-corrected chi connectivity index (χ1v) is 12.1. The van der Waals surface area contributed by atoms with E-state index in [2.05, 4.69) is 37.4 Å². The minimum atomic E-state index is -3.79. The molecule has 7 nitrogen and oxygen atoms in total. The lowest BCUT2D eigenvalue weighted by atomic mass is 10.0. The second kappa shape index (κ2) is 10.5. The normalized spacial score (nSPS) is 12.2. The zero-order chi connectivity index (χ0) is 23.2. The van der Waals surface area contributed by atoms with Crippen LogP contribution in [0, 0.1) is 0 Å². The van der Waals surface area contributed by atoms with E-state index in [0.717, 1.165) is 34.5 Å². The molecule has 0 saturated heterocycles. The number of hydrogen-bond donors (Lipinski definition) is 1. The minimum absolute atomic E-state index is 0.245. The van der Waals surface area contributed by atoms with Gasteiger partial charge in [0.2, 0.25) is 15.9 Å². The molecule has 170 valence electrons. The first kappa shape index (κ1) is 24.5. The summed E-state index contributed by atoms with van der Waals surface area (Å²) in [6, 6.07) is 10.1. The van der Waals surface area contributed by atoms with Crippen molar-refractivity contribution in [2.24, 2.45) is 0 Å². The molecule has 2 aromatic carbocycles. The monoisotopic (exact) mass is 448 g/mol. The van der Waals surface area contributed by atoms with Gasteiger partial charge in [0.05, 0.1) is 26.2 Å². The lowest BCUT2D eigenvalue weighted by molar-refractivity contribution is -0.122. The van der Waals surface area contributed by atoms with Crippen LogP contribution in [0.1, 0.15) is 37.5 Å². The number of nitrogens with zero attached hydrogens (tertiary/aromatic N) is 1. The molecule has 31 heavy (non-hydrogen) atoms.